The average molecular weight is 352 g/mol. The van der Waals surface area contributed by atoms with E-state index in [4.69, 9.17) is 4.74 Å². The second kappa shape index (κ2) is 4.34. The fourth-order valence-electron chi connectivity index (χ4n) is 7.84. The number of benzene rings is 1. The number of esters is 1. The third kappa shape index (κ3) is 1.34. The lowest BCUT2D eigenvalue weighted by molar-refractivity contribution is -0.901. The molecular formula is C21H24N2O3. The summed E-state index contributed by atoms with van der Waals surface area (Å²) in [5.41, 5.74) is 1.53. The van der Waals surface area contributed by atoms with Crippen LogP contribution in [-0.2, 0) is 14.9 Å². The van der Waals surface area contributed by atoms with Crippen molar-refractivity contribution in [3.63, 3.8) is 0 Å². The molecule has 1 aromatic rings. The van der Waals surface area contributed by atoms with Crippen molar-refractivity contribution in [2.45, 2.75) is 42.7 Å². The maximum absolute atomic E-state index is 13.9. The minimum atomic E-state index is -0.383. The molecule has 0 radical (unpaired) electrons. The molecule has 3 aliphatic carbocycles. The van der Waals surface area contributed by atoms with Gasteiger partial charge in [0.2, 0.25) is 0 Å². The molecule has 1 N–H and O–H groups in total. The molecule has 3 saturated carbocycles. The number of para-hydroxylation sites is 1. The second-order valence-electron chi connectivity index (χ2n) is 9.04. The Kier molecular flexibility index (Phi) is 2.54. The summed E-state index contributed by atoms with van der Waals surface area (Å²) in [6.45, 7) is 1.21. The van der Waals surface area contributed by atoms with E-state index in [2.05, 4.69) is 35.7 Å². The van der Waals surface area contributed by atoms with Crippen LogP contribution in [-0.4, -0.2) is 42.4 Å². The third-order valence-electron chi connectivity index (χ3n) is 8.44. The summed E-state index contributed by atoms with van der Waals surface area (Å²) in [5, 5.41) is 17.7. The fraction of sp³-hybridized carbons (Fsp3) is 0.571. The summed E-state index contributed by atoms with van der Waals surface area (Å²) in [5.74, 6) is -0.337. The molecule has 5 heteroatoms. The van der Waals surface area contributed by atoms with Gasteiger partial charge in [0, 0.05) is 17.5 Å². The maximum Gasteiger partial charge on any atom is 0.311 e. The van der Waals surface area contributed by atoms with Crippen LogP contribution in [0, 0.1) is 16.5 Å². The zero-order valence-corrected chi connectivity index (χ0v) is 15.0. The van der Waals surface area contributed by atoms with E-state index in [9.17, 15) is 10.0 Å². The first-order valence-electron chi connectivity index (χ1n) is 9.72. The largest absolute Gasteiger partial charge is 0.632 e. The number of ether oxygens (including phenoxy) is 1. The van der Waals surface area contributed by atoms with Crippen LogP contribution in [0.15, 0.2) is 36.4 Å². The normalized spacial score (nSPS) is 49.2. The summed E-state index contributed by atoms with van der Waals surface area (Å²) < 4.78 is 5.14. The van der Waals surface area contributed by atoms with Crippen molar-refractivity contribution < 1.29 is 14.2 Å². The number of carbonyl (C=O) groups is 1. The Morgan fingerprint density at radius 2 is 2.15 bits per heavy atom. The van der Waals surface area contributed by atoms with Crippen LogP contribution in [0.5, 0.6) is 0 Å². The maximum atomic E-state index is 13.9. The lowest BCUT2D eigenvalue weighted by atomic mass is 9.39. The highest BCUT2D eigenvalue weighted by molar-refractivity contribution is 5.80. The first-order valence-corrected chi connectivity index (χ1v) is 9.72. The van der Waals surface area contributed by atoms with E-state index in [-0.39, 0.29) is 38.9 Å². The molecule has 7 rings (SSSR count). The number of nitrogens with one attached hydrogen (secondary N) is 1. The highest BCUT2D eigenvalue weighted by atomic mass is 16.6. The number of anilines is 1. The molecule has 2 bridgehead atoms. The Hall–Kier alpha value is -1.85. The Balaban J connectivity index is 1.69. The highest BCUT2D eigenvalue weighted by Crippen LogP contribution is 2.74. The van der Waals surface area contributed by atoms with Gasteiger partial charge in [-0.15, -0.1) is 0 Å². The van der Waals surface area contributed by atoms with Gasteiger partial charge >= 0.3 is 5.97 Å². The van der Waals surface area contributed by atoms with E-state index in [1.165, 1.54) is 12.7 Å². The Labute approximate surface area is 153 Å². The Morgan fingerprint density at radius 1 is 1.31 bits per heavy atom. The molecule has 6 atom stereocenters. The summed E-state index contributed by atoms with van der Waals surface area (Å²) in [4.78, 5) is 12.9. The lowest BCUT2D eigenvalue weighted by Crippen LogP contribution is -2.78. The van der Waals surface area contributed by atoms with E-state index >= 15 is 0 Å². The summed E-state index contributed by atoms with van der Waals surface area (Å²) >= 11 is 0. The number of hydroxylamine groups is 3. The molecule has 136 valence electrons. The summed E-state index contributed by atoms with van der Waals surface area (Å²) in [6, 6.07) is 8.43. The molecule has 1 unspecified atom stereocenters. The molecule has 1 aromatic carbocycles. The van der Waals surface area contributed by atoms with E-state index in [0.29, 0.717) is 13.1 Å². The molecule has 3 heterocycles. The molecular weight excluding hydrogens is 328 g/mol. The molecule has 3 spiro atoms. The van der Waals surface area contributed by atoms with Crippen molar-refractivity contribution in [2.75, 3.05) is 25.5 Å². The van der Waals surface area contributed by atoms with Crippen LogP contribution in [0.3, 0.4) is 0 Å². The third-order valence-corrected chi connectivity index (χ3v) is 8.44. The number of methoxy groups -OCH3 is 1. The van der Waals surface area contributed by atoms with Crippen molar-refractivity contribution >= 4 is 11.7 Å². The van der Waals surface area contributed by atoms with Gasteiger partial charge in [-0.25, -0.2) is 0 Å². The molecule has 6 aliphatic rings. The quantitative estimate of drug-likeness (QED) is 0.365. The summed E-state index contributed by atoms with van der Waals surface area (Å²) in [6.07, 6.45) is 7.85. The Bertz CT molecular complexity index is 869. The number of rotatable bonds is 1. The molecule has 5 nitrogen and oxygen atoms in total. The highest BCUT2D eigenvalue weighted by Gasteiger charge is 2.82. The van der Waals surface area contributed by atoms with E-state index in [1.807, 2.05) is 6.07 Å². The zero-order chi connectivity index (χ0) is 17.8. The number of hydrogen-bond acceptors (Lipinski definition) is 4. The topological polar surface area (TPSA) is 61.4 Å². The standard InChI is InChI=1S/C21H24N2O3/c1-26-17(24)15-13-19-7-4-11-23(25)12-10-20(18(19)23)14-5-2-3-6-16(14)22-21(15,20)9-8-19/h2-7,15,18,22H,8-13H2,1H3/t15-,18-,19+,20+,21+,23?/m0/s1. The van der Waals surface area contributed by atoms with Crippen LogP contribution < -0.4 is 5.32 Å². The van der Waals surface area contributed by atoms with Gasteiger partial charge in [0.25, 0.3) is 0 Å². The van der Waals surface area contributed by atoms with Crippen molar-refractivity contribution in [1.29, 1.82) is 0 Å². The molecule has 0 aromatic heterocycles. The van der Waals surface area contributed by atoms with Crippen LogP contribution >= 0.6 is 0 Å². The lowest BCUT2D eigenvalue weighted by Gasteiger charge is -2.69. The Morgan fingerprint density at radius 3 is 3.00 bits per heavy atom. The molecule has 4 fully saturated rings. The van der Waals surface area contributed by atoms with Crippen LogP contribution in [0.1, 0.15) is 31.2 Å². The number of quaternary nitrogens is 1. The first-order chi connectivity index (χ1) is 12.5. The van der Waals surface area contributed by atoms with Crippen molar-refractivity contribution in [3.8, 4) is 0 Å². The van der Waals surface area contributed by atoms with E-state index in [0.717, 1.165) is 31.4 Å². The van der Waals surface area contributed by atoms with Crippen molar-refractivity contribution in [1.82, 2.24) is 0 Å². The smallest absolute Gasteiger partial charge is 0.311 e. The second-order valence-corrected chi connectivity index (χ2v) is 9.04. The fourth-order valence-corrected chi connectivity index (χ4v) is 7.84. The van der Waals surface area contributed by atoms with Gasteiger partial charge in [-0.2, -0.15) is 0 Å². The first kappa shape index (κ1) is 15.2. The minimum Gasteiger partial charge on any atom is -0.632 e. The van der Waals surface area contributed by atoms with Crippen LogP contribution in [0.25, 0.3) is 0 Å². The average Bonchev–Trinajstić information content (AvgIpc) is 3.15. The number of nitrogens with zero attached hydrogens (tertiary/aromatic N) is 1. The van der Waals surface area contributed by atoms with Gasteiger partial charge in [0.1, 0.15) is 6.04 Å². The van der Waals surface area contributed by atoms with E-state index < -0.39 is 0 Å². The van der Waals surface area contributed by atoms with Crippen LogP contribution in [0.4, 0.5) is 5.69 Å². The number of hydrogen-bond donors (Lipinski definition) is 1. The van der Waals surface area contributed by atoms with Gasteiger partial charge < -0.3 is 19.9 Å². The van der Waals surface area contributed by atoms with Gasteiger partial charge in [0.05, 0.1) is 37.1 Å². The monoisotopic (exact) mass is 352 g/mol. The van der Waals surface area contributed by atoms with Gasteiger partial charge in [-0.05, 0) is 37.0 Å². The number of fused-ring (bicyclic) bond motifs is 3. The van der Waals surface area contributed by atoms with Gasteiger partial charge in [-0.1, -0.05) is 24.3 Å². The predicted octanol–water partition coefficient (Wildman–Crippen LogP) is 2.72. The van der Waals surface area contributed by atoms with Gasteiger partial charge in [-0.3, -0.25) is 4.79 Å². The number of carbonyl (C=O) groups excluding carboxylic acids is 1. The van der Waals surface area contributed by atoms with E-state index in [1.54, 1.807) is 0 Å². The SMILES string of the molecule is COC(=O)[C@@H]1C[C@@]23C=CC[N+]4([O-])CC[C@@]5(c6ccccc6N[C@]15CC2)[C@H]34. The zero-order valence-electron chi connectivity index (χ0n) is 15.0. The van der Waals surface area contributed by atoms with Gasteiger partial charge in [0.15, 0.2) is 0 Å². The molecule has 26 heavy (non-hydrogen) atoms. The van der Waals surface area contributed by atoms with Crippen molar-refractivity contribution in [2.24, 2.45) is 11.3 Å². The molecule has 1 saturated heterocycles. The summed E-state index contributed by atoms with van der Waals surface area (Å²) in [7, 11) is 1.49. The van der Waals surface area contributed by atoms with Crippen LogP contribution in [0.2, 0.25) is 0 Å². The van der Waals surface area contributed by atoms with Crippen molar-refractivity contribution in [3.05, 3.63) is 47.2 Å². The molecule has 0 amide bonds. The molecule has 3 aliphatic heterocycles. The predicted molar refractivity (Wildman–Crippen MR) is 97.2 cm³/mol. The minimum absolute atomic E-state index is 0.00538.